The predicted molar refractivity (Wildman–Crippen MR) is 108 cm³/mol. The monoisotopic (exact) mass is 395 g/mol. The lowest BCUT2D eigenvalue weighted by Gasteiger charge is -2.42. The van der Waals surface area contributed by atoms with Crippen molar-refractivity contribution in [2.45, 2.75) is 19.5 Å². The van der Waals surface area contributed by atoms with Gasteiger partial charge in [0.05, 0.1) is 0 Å². The highest BCUT2D eigenvalue weighted by molar-refractivity contribution is 6.01. The van der Waals surface area contributed by atoms with Crippen LogP contribution in [0.3, 0.4) is 0 Å². The second-order valence-electron chi connectivity index (χ2n) is 6.91. The summed E-state index contributed by atoms with van der Waals surface area (Å²) < 4.78 is 0. The van der Waals surface area contributed by atoms with Crippen molar-refractivity contribution in [2.75, 3.05) is 26.2 Å². The standard InChI is InChI=1S/C21H25N5O3/c1-15-3-5-16(6-4-15)20(28)25-13-2-14-26(19(25)18(27)24-12-9-22)21(29)17-7-10-23-11-8-17/h3-8,10-11,19H,2,9,12-14,22H2,1H3,(H,24,27). The number of amides is 3. The number of pyridine rings is 1. The molecule has 29 heavy (non-hydrogen) atoms. The van der Waals surface area contributed by atoms with E-state index in [0.29, 0.717) is 30.6 Å². The number of hydrogen-bond donors (Lipinski definition) is 2. The molecule has 152 valence electrons. The molecule has 0 spiro atoms. The van der Waals surface area contributed by atoms with E-state index in [9.17, 15) is 14.4 Å². The smallest absolute Gasteiger partial charge is 0.263 e. The van der Waals surface area contributed by atoms with Crippen LogP contribution in [0.5, 0.6) is 0 Å². The Bertz CT molecular complexity index is 870. The first-order valence-corrected chi connectivity index (χ1v) is 9.59. The molecule has 0 bridgehead atoms. The van der Waals surface area contributed by atoms with Crippen LogP contribution >= 0.6 is 0 Å². The first-order valence-electron chi connectivity index (χ1n) is 9.59. The second kappa shape index (κ2) is 9.29. The number of nitrogens with one attached hydrogen (secondary N) is 1. The minimum absolute atomic E-state index is 0.263. The normalized spacial score (nSPS) is 16.4. The van der Waals surface area contributed by atoms with Gasteiger partial charge in [-0.1, -0.05) is 17.7 Å². The Balaban J connectivity index is 1.93. The maximum Gasteiger partial charge on any atom is 0.263 e. The number of aromatic nitrogens is 1. The third kappa shape index (κ3) is 4.60. The molecule has 1 aliphatic heterocycles. The lowest BCUT2D eigenvalue weighted by atomic mass is 10.1. The summed E-state index contributed by atoms with van der Waals surface area (Å²) in [5, 5.41) is 2.72. The van der Waals surface area contributed by atoms with E-state index in [1.807, 2.05) is 19.1 Å². The molecule has 1 fully saturated rings. The molecule has 8 nitrogen and oxygen atoms in total. The molecule has 1 atom stereocenters. The Kier molecular flexibility index (Phi) is 6.56. The Morgan fingerprint density at radius 2 is 1.55 bits per heavy atom. The number of nitrogens with zero attached hydrogens (tertiary/aromatic N) is 3. The molecule has 2 heterocycles. The summed E-state index contributed by atoms with van der Waals surface area (Å²) in [6.45, 7) is 3.22. The summed E-state index contributed by atoms with van der Waals surface area (Å²) in [6, 6.07) is 10.4. The summed E-state index contributed by atoms with van der Waals surface area (Å²) in [7, 11) is 0. The first-order chi connectivity index (χ1) is 14.0. The molecule has 0 aliphatic carbocycles. The summed E-state index contributed by atoms with van der Waals surface area (Å²) in [4.78, 5) is 46.0. The van der Waals surface area contributed by atoms with Crippen molar-refractivity contribution in [3.63, 3.8) is 0 Å². The van der Waals surface area contributed by atoms with E-state index < -0.39 is 12.1 Å². The molecule has 1 aliphatic rings. The van der Waals surface area contributed by atoms with Crippen molar-refractivity contribution < 1.29 is 14.4 Å². The summed E-state index contributed by atoms with van der Waals surface area (Å²) in [6.07, 6.45) is 2.59. The Morgan fingerprint density at radius 3 is 2.10 bits per heavy atom. The molecular weight excluding hydrogens is 370 g/mol. The molecule has 0 radical (unpaired) electrons. The highest BCUT2D eigenvalue weighted by Crippen LogP contribution is 2.21. The number of rotatable bonds is 5. The Hall–Kier alpha value is -3.26. The molecule has 3 N–H and O–H groups in total. The zero-order valence-corrected chi connectivity index (χ0v) is 16.4. The topological polar surface area (TPSA) is 109 Å². The molecule has 3 amide bonds. The minimum atomic E-state index is -1.04. The van der Waals surface area contributed by atoms with Crippen LogP contribution in [-0.2, 0) is 4.79 Å². The first kappa shape index (κ1) is 20.5. The third-order valence-corrected chi connectivity index (χ3v) is 4.81. The zero-order valence-electron chi connectivity index (χ0n) is 16.4. The zero-order chi connectivity index (χ0) is 20.8. The van der Waals surface area contributed by atoms with Gasteiger partial charge in [-0.25, -0.2) is 0 Å². The van der Waals surface area contributed by atoms with Crippen LogP contribution in [0.25, 0.3) is 0 Å². The van der Waals surface area contributed by atoms with Gasteiger partial charge in [0.2, 0.25) is 0 Å². The van der Waals surface area contributed by atoms with Gasteiger partial charge in [-0.15, -0.1) is 0 Å². The molecular formula is C21H25N5O3. The number of carbonyl (C=O) groups is 3. The lowest BCUT2D eigenvalue weighted by molar-refractivity contribution is -0.132. The number of nitrogens with two attached hydrogens (primary N) is 1. The highest BCUT2D eigenvalue weighted by atomic mass is 16.2. The summed E-state index contributed by atoms with van der Waals surface area (Å²) in [5.74, 6) is -1.02. The fourth-order valence-electron chi connectivity index (χ4n) is 3.34. The van der Waals surface area contributed by atoms with Gasteiger partial charge in [-0.2, -0.15) is 0 Å². The predicted octanol–water partition coefficient (Wildman–Crippen LogP) is 0.779. The van der Waals surface area contributed by atoms with Crippen LogP contribution in [0.2, 0.25) is 0 Å². The Labute approximate surface area is 169 Å². The van der Waals surface area contributed by atoms with Gasteiger partial charge >= 0.3 is 0 Å². The largest absolute Gasteiger partial charge is 0.351 e. The molecule has 2 aromatic rings. The number of hydrogen-bond acceptors (Lipinski definition) is 5. The molecule has 3 rings (SSSR count). The third-order valence-electron chi connectivity index (χ3n) is 4.81. The summed E-state index contributed by atoms with van der Waals surface area (Å²) >= 11 is 0. The average molecular weight is 395 g/mol. The van der Waals surface area contributed by atoms with Crippen molar-refractivity contribution in [2.24, 2.45) is 5.73 Å². The van der Waals surface area contributed by atoms with Crippen molar-refractivity contribution >= 4 is 17.7 Å². The van der Waals surface area contributed by atoms with Crippen LogP contribution in [0, 0.1) is 6.92 Å². The van der Waals surface area contributed by atoms with Gasteiger partial charge in [-0.05, 0) is 37.6 Å². The van der Waals surface area contributed by atoms with Crippen molar-refractivity contribution in [3.05, 3.63) is 65.5 Å². The molecule has 1 aromatic heterocycles. The van der Waals surface area contributed by atoms with E-state index in [0.717, 1.165) is 5.56 Å². The van der Waals surface area contributed by atoms with E-state index in [1.165, 1.54) is 22.2 Å². The van der Waals surface area contributed by atoms with E-state index in [2.05, 4.69) is 10.3 Å². The maximum absolute atomic E-state index is 13.2. The highest BCUT2D eigenvalue weighted by Gasteiger charge is 2.40. The van der Waals surface area contributed by atoms with Crippen LogP contribution < -0.4 is 11.1 Å². The van der Waals surface area contributed by atoms with Gasteiger partial charge in [0.1, 0.15) is 0 Å². The van der Waals surface area contributed by atoms with Crippen molar-refractivity contribution in [3.8, 4) is 0 Å². The van der Waals surface area contributed by atoms with Crippen molar-refractivity contribution in [1.82, 2.24) is 20.1 Å². The number of benzene rings is 1. The SMILES string of the molecule is Cc1ccc(C(=O)N2CCCN(C(=O)c3ccncc3)C2C(=O)NCCN)cc1. The lowest BCUT2D eigenvalue weighted by Crippen LogP contribution is -2.63. The molecule has 1 saturated heterocycles. The van der Waals surface area contributed by atoms with Gasteiger partial charge < -0.3 is 20.9 Å². The average Bonchev–Trinajstić information content (AvgIpc) is 2.77. The molecule has 8 heteroatoms. The van der Waals surface area contributed by atoms with E-state index in [4.69, 9.17) is 5.73 Å². The minimum Gasteiger partial charge on any atom is -0.351 e. The van der Waals surface area contributed by atoms with Crippen molar-refractivity contribution in [1.29, 1.82) is 0 Å². The maximum atomic E-state index is 13.2. The van der Waals surface area contributed by atoms with Crippen LogP contribution in [0.1, 0.15) is 32.7 Å². The van der Waals surface area contributed by atoms with Gasteiger partial charge in [-0.3, -0.25) is 19.4 Å². The van der Waals surface area contributed by atoms with Crippen LogP contribution in [0.15, 0.2) is 48.8 Å². The van der Waals surface area contributed by atoms with Gasteiger partial charge in [0.15, 0.2) is 6.17 Å². The quantitative estimate of drug-likeness (QED) is 0.778. The fourth-order valence-corrected chi connectivity index (χ4v) is 3.34. The molecule has 0 saturated carbocycles. The van der Waals surface area contributed by atoms with Crippen LogP contribution in [0.4, 0.5) is 0 Å². The van der Waals surface area contributed by atoms with E-state index in [1.54, 1.807) is 24.3 Å². The van der Waals surface area contributed by atoms with Crippen LogP contribution in [-0.4, -0.2) is 64.9 Å². The fraction of sp³-hybridized carbons (Fsp3) is 0.333. The number of carbonyl (C=O) groups excluding carboxylic acids is 3. The second-order valence-corrected chi connectivity index (χ2v) is 6.91. The Morgan fingerprint density at radius 1 is 1.00 bits per heavy atom. The van der Waals surface area contributed by atoms with E-state index in [-0.39, 0.29) is 24.9 Å². The van der Waals surface area contributed by atoms with Gasteiger partial charge in [0.25, 0.3) is 17.7 Å². The summed E-state index contributed by atoms with van der Waals surface area (Å²) in [5.41, 5.74) is 7.44. The number of aryl methyl sites for hydroxylation is 1. The molecule has 1 aromatic carbocycles. The van der Waals surface area contributed by atoms with Gasteiger partial charge in [0, 0.05) is 49.7 Å². The van der Waals surface area contributed by atoms with E-state index >= 15 is 0 Å². The molecule has 1 unspecified atom stereocenters.